The minimum absolute atomic E-state index is 0.124. The molecule has 2 aromatic heterocycles. The third kappa shape index (κ3) is 1.50. The Bertz CT molecular complexity index is 787. The highest BCUT2D eigenvalue weighted by molar-refractivity contribution is 5.92. The maximum atomic E-state index is 12.0. The van der Waals surface area contributed by atoms with Crippen molar-refractivity contribution >= 4 is 10.8 Å². The van der Waals surface area contributed by atoms with Gasteiger partial charge >= 0.3 is 0 Å². The Balaban J connectivity index is 2.43. The number of nitrogens with zero attached hydrogens (tertiary/aromatic N) is 4. The molecule has 0 fully saturated rings. The summed E-state index contributed by atoms with van der Waals surface area (Å²) in [5.41, 5.74) is 0.485. The van der Waals surface area contributed by atoms with Gasteiger partial charge in [0.1, 0.15) is 11.5 Å². The molecule has 0 aliphatic carbocycles. The van der Waals surface area contributed by atoms with E-state index in [-0.39, 0.29) is 5.56 Å². The zero-order valence-electron chi connectivity index (χ0n) is 10.0. The number of H-pyrrole nitrogens is 1. The van der Waals surface area contributed by atoms with Crippen molar-refractivity contribution in [3.8, 4) is 11.5 Å². The third-order valence-corrected chi connectivity index (χ3v) is 2.77. The first-order valence-electron chi connectivity index (χ1n) is 5.52. The van der Waals surface area contributed by atoms with Crippen LogP contribution in [0.25, 0.3) is 22.3 Å². The van der Waals surface area contributed by atoms with Gasteiger partial charge < -0.3 is 0 Å². The highest BCUT2D eigenvalue weighted by Crippen LogP contribution is 2.20. The maximum absolute atomic E-state index is 12.0. The van der Waals surface area contributed by atoms with Crippen molar-refractivity contribution in [2.45, 2.75) is 6.92 Å². The second-order valence-corrected chi connectivity index (χ2v) is 4.07. The van der Waals surface area contributed by atoms with Crippen LogP contribution in [0.15, 0.2) is 29.1 Å². The van der Waals surface area contributed by atoms with Gasteiger partial charge in [-0.15, -0.1) is 0 Å². The van der Waals surface area contributed by atoms with Crippen LogP contribution in [0, 0.1) is 6.92 Å². The molecule has 0 bridgehead atoms. The molecule has 0 amide bonds. The average molecular weight is 241 g/mol. The predicted octanol–water partition coefficient (Wildman–Crippen LogP) is 1.03. The molecular weight excluding hydrogens is 230 g/mol. The Kier molecular flexibility index (Phi) is 2.22. The summed E-state index contributed by atoms with van der Waals surface area (Å²) < 4.78 is 1.31. The number of hydrogen-bond acceptors (Lipinski definition) is 4. The molecule has 3 rings (SSSR count). The summed E-state index contributed by atoms with van der Waals surface area (Å²) in [4.78, 5) is 16.2. The van der Waals surface area contributed by atoms with Crippen molar-refractivity contribution in [1.82, 2.24) is 25.0 Å². The van der Waals surface area contributed by atoms with E-state index in [1.54, 1.807) is 13.1 Å². The van der Waals surface area contributed by atoms with Gasteiger partial charge in [0, 0.05) is 12.4 Å². The molecule has 0 saturated carbocycles. The maximum Gasteiger partial charge on any atom is 0.274 e. The molecule has 6 heteroatoms. The van der Waals surface area contributed by atoms with Gasteiger partial charge in [-0.1, -0.05) is 18.2 Å². The largest absolute Gasteiger partial charge is 0.274 e. The monoisotopic (exact) mass is 241 g/mol. The average Bonchev–Trinajstić information content (AvgIpc) is 2.80. The molecule has 1 aromatic carbocycles. The number of aromatic nitrogens is 5. The van der Waals surface area contributed by atoms with Crippen LogP contribution in [-0.4, -0.2) is 25.0 Å². The number of aromatic amines is 1. The van der Waals surface area contributed by atoms with E-state index < -0.39 is 0 Å². The Labute approximate surface area is 102 Å². The summed E-state index contributed by atoms with van der Waals surface area (Å²) in [6.45, 7) is 1.82. The summed E-state index contributed by atoms with van der Waals surface area (Å²) >= 11 is 0. The van der Waals surface area contributed by atoms with Crippen LogP contribution in [0.3, 0.4) is 0 Å². The van der Waals surface area contributed by atoms with Crippen LogP contribution in [0.2, 0.25) is 0 Å². The summed E-state index contributed by atoms with van der Waals surface area (Å²) in [5, 5.41) is 12.5. The lowest BCUT2D eigenvalue weighted by Crippen LogP contribution is -2.20. The van der Waals surface area contributed by atoms with E-state index in [1.165, 1.54) is 4.68 Å². The van der Waals surface area contributed by atoms with Gasteiger partial charge in [0.25, 0.3) is 5.56 Å². The fourth-order valence-electron chi connectivity index (χ4n) is 1.91. The highest BCUT2D eigenvalue weighted by atomic mass is 16.1. The summed E-state index contributed by atoms with van der Waals surface area (Å²) in [6.07, 6.45) is 0. The molecule has 0 aliphatic heterocycles. The number of aryl methyl sites for hydroxylation is 2. The first-order chi connectivity index (χ1) is 8.66. The molecule has 1 N–H and O–H groups in total. The molecule has 2 heterocycles. The van der Waals surface area contributed by atoms with Gasteiger partial charge in [-0.05, 0) is 13.0 Å². The van der Waals surface area contributed by atoms with Crippen molar-refractivity contribution in [1.29, 1.82) is 0 Å². The summed E-state index contributed by atoms with van der Waals surface area (Å²) in [6, 6.07) is 7.33. The first kappa shape index (κ1) is 10.6. The Morgan fingerprint density at radius 3 is 2.61 bits per heavy atom. The molecule has 6 nitrogen and oxygen atoms in total. The lowest BCUT2D eigenvalue weighted by molar-refractivity contribution is 0.720. The second-order valence-electron chi connectivity index (χ2n) is 4.07. The molecule has 0 atom stereocenters. The van der Waals surface area contributed by atoms with Gasteiger partial charge in [-0.3, -0.25) is 9.89 Å². The Morgan fingerprint density at radius 1 is 1.22 bits per heavy atom. The van der Waals surface area contributed by atoms with Crippen molar-refractivity contribution in [3.63, 3.8) is 0 Å². The normalized spacial score (nSPS) is 11.0. The quantitative estimate of drug-likeness (QED) is 0.690. The van der Waals surface area contributed by atoms with Gasteiger partial charge in [-0.2, -0.15) is 10.2 Å². The number of rotatable bonds is 1. The fourth-order valence-corrected chi connectivity index (χ4v) is 1.91. The van der Waals surface area contributed by atoms with Gasteiger partial charge in [0.15, 0.2) is 0 Å². The Hall–Kier alpha value is -2.50. The van der Waals surface area contributed by atoms with Crippen LogP contribution in [-0.2, 0) is 7.05 Å². The number of benzene rings is 1. The lowest BCUT2D eigenvalue weighted by Gasteiger charge is -2.04. The zero-order valence-corrected chi connectivity index (χ0v) is 10.0. The van der Waals surface area contributed by atoms with E-state index in [4.69, 9.17) is 0 Å². The SMILES string of the molecule is Cc1nc(-c2nn(C)c(=O)c3ccccc23)n[nH]1. The molecule has 3 aromatic rings. The van der Waals surface area contributed by atoms with Gasteiger partial charge in [-0.25, -0.2) is 9.67 Å². The van der Waals surface area contributed by atoms with E-state index >= 15 is 0 Å². The molecule has 0 radical (unpaired) electrons. The van der Waals surface area contributed by atoms with Crippen LogP contribution in [0.1, 0.15) is 5.82 Å². The topological polar surface area (TPSA) is 76.5 Å². The molecule has 18 heavy (non-hydrogen) atoms. The van der Waals surface area contributed by atoms with Gasteiger partial charge in [0.2, 0.25) is 5.82 Å². The predicted molar refractivity (Wildman–Crippen MR) is 67.1 cm³/mol. The van der Waals surface area contributed by atoms with E-state index in [0.717, 1.165) is 5.39 Å². The second kappa shape index (κ2) is 3.76. The Morgan fingerprint density at radius 2 is 1.94 bits per heavy atom. The third-order valence-electron chi connectivity index (χ3n) is 2.77. The smallest absolute Gasteiger partial charge is 0.267 e. The van der Waals surface area contributed by atoms with Crippen LogP contribution < -0.4 is 5.56 Å². The minimum Gasteiger partial charge on any atom is -0.267 e. The lowest BCUT2D eigenvalue weighted by atomic mass is 10.1. The van der Waals surface area contributed by atoms with Crippen molar-refractivity contribution in [2.24, 2.45) is 7.05 Å². The molecule has 0 aliphatic rings. The van der Waals surface area contributed by atoms with Crippen LogP contribution in [0.4, 0.5) is 0 Å². The zero-order chi connectivity index (χ0) is 12.7. The summed E-state index contributed by atoms with van der Waals surface area (Å²) in [5.74, 6) is 1.21. The van der Waals surface area contributed by atoms with Crippen molar-refractivity contribution in [3.05, 3.63) is 40.4 Å². The number of nitrogens with one attached hydrogen (secondary N) is 1. The molecular formula is C12H11N5O. The van der Waals surface area contributed by atoms with E-state index in [0.29, 0.717) is 22.7 Å². The first-order valence-corrected chi connectivity index (χ1v) is 5.52. The standard InChI is InChI=1S/C12H11N5O/c1-7-13-11(15-14-7)10-8-5-3-4-6-9(8)12(18)17(2)16-10/h3-6H,1-2H3,(H,13,14,15). The molecule has 90 valence electrons. The molecule has 0 unspecified atom stereocenters. The highest BCUT2D eigenvalue weighted by Gasteiger charge is 2.13. The van der Waals surface area contributed by atoms with Crippen LogP contribution in [0.5, 0.6) is 0 Å². The van der Waals surface area contributed by atoms with Crippen molar-refractivity contribution in [2.75, 3.05) is 0 Å². The summed E-state index contributed by atoms with van der Waals surface area (Å²) in [7, 11) is 1.62. The molecule has 0 spiro atoms. The fraction of sp³-hybridized carbons (Fsp3) is 0.167. The van der Waals surface area contributed by atoms with Gasteiger partial charge in [0.05, 0.1) is 5.39 Å². The minimum atomic E-state index is -0.124. The van der Waals surface area contributed by atoms with E-state index in [9.17, 15) is 4.79 Å². The number of hydrogen-bond donors (Lipinski definition) is 1. The van der Waals surface area contributed by atoms with Crippen LogP contribution >= 0.6 is 0 Å². The number of fused-ring (bicyclic) bond motifs is 1. The van der Waals surface area contributed by atoms with E-state index in [2.05, 4.69) is 20.3 Å². The van der Waals surface area contributed by atoms with Crippen molar-refractivity contribution < 1.29 is 0 Å². The molecule has 0 saturated heterocycles. The van der Waals surface area contributed by atoms with E-state index in [1.807, 2.05) is 25.1 Å².